The zero-order valence-corrected chi connectivity index (χ0v) is 19.0. The van der Waals surface area contributed by atoms with E-state index in [-0.39, 0.29) is 17.4 Å². The molecule has 0 bridgehead atoms. The van der Waals surface area contributed by atoms with Gasteiger partial charge in [0, 0.05) is 22.8 Å². The summed E-state index contributed by atoms with van der Waals surface area (Å²) in [6.07, 6.45) is 4.32. The molecular weight excluding hydrogens is 431 g/mol. The smallest absolute Gasteiger partial charge is 0.262 e. The number of halogens is 1. The van der Waals surface area contributed by atoms with Crippen molar-refractivity contribution >= 4 is 32.9 Å². The molecule has 0 fully saturated rings. The Morgan fingerprint density at radius 3 is 3.03 bits per heavy atom. The molecule has 160 valence electrons. The van der Waals surface area contributed by atoms with Crippen LogP contribution in [0, 0.1) is 12.7 Å². The molecule has 0 saturated carbocycles. The van der Waals surface area contributed by atoms with Crippen molar-refractivity contribution in [2.75, 3.05) is 0 Å². The Balaban J connectivity index is 1.39. The van der Waals surface area contributed by atoms with Gasteiger partial charge in [-0.05, 0) is 56.4 Å². The van der Waals surface area contributed by atoms with Crippen LogP contribution < -0.4 is 10.9 Å². The average Bonchev–Trinajstić information content (AvgIpc) is 3.35. The van der Waals surface area contributed by atoms with Crippen LogP contribution in [0.25, 0.3) is 10.2 Å². The van der Waals surface area contributed by atoms with Crippen LogP contribution in [0.3, 0.4) is 0 Å². The zero-order chi connectivity index (χ0) is 21.5. The number of hydrogen-bond acceptors (Lipinski definition) is 6. The second-order valence-electron chi connectivity index (χ2n) is 8.06. The Morgan fingerprint density at radius 2 is 2.26 bits per heavy atom. The van der Waals surface area contributed by atoms with Crippen LogP contribution >= 0.6 is 22.7 Å². The van der Waals surface area contributed by atoms with Crippen molar-refractivity contribution in [1.82, 2.24) is 19.9 Å². The largest absolute Gasteiger partial charge is 0.310 e. The highest BCUT2D eigenvalue weighted by molar-refractivity contribution is 7.18. The van der Waals surface area contributed by atoms with Gasteiger partial charge in [0.15, 0.2) is 0 Å². The Hall–Kier alpha value is -2.42. The first-order valence-electron chi connectivity index (χ1n) is 10.4. The van der Waals surface area contributed by atoms with Gasteiger partial charge in [-0.25, -0.2) is 14.4 Å². The minimum absolute atomic E-state index is 0.0202. The predicted octanol–water partition coefficient (Wildman–Crippen LogP) is 4.62. The molecule has 0 amide bonds. The molecule has 3 aromatic heterocycles. The van der Waals surface area contributed by atoms with E-state index in [0.29, 0.717) is 12.6 Å². The fourth-order valence-electron chi connectivity index (χ4n) is 4.25. The number of thiazole rings is 1. The van der Waals surface area contributed by atoms with Gasteiger partial charge in [0.05, 0.1) is 28.5 Å². The highest BCUT2D eigenvalue weighted by Crippen LogP contribution is 2.34. The van der Waals surface area contributed by atoms with Crippen molar-refractivity contribution in [2.24, 2.45) is 0 Å². The van der Waals surface area contributed by atoms with E-state index in [4.69, 9.17) is 0 Å². The Morgan fingerprint density at radius 1 is 1.39 bits per heavy atom. The summed E-state index contributed by atoms with van der Waals surface area (Å²) < 4.78 is 15.1. The van der Waals surface area contributed by atoms with Crippen molar-refractivity contribution in [3.8, 4) is 0 Å². The third kappa shape index (κ3) is 3.95. The minimum atomic E-state index is -0.209. The molecule has 1 N–H and O–H groups in total. The van der Waals surface area contributed by atoms with Crippen molar-refractivity contribution in [3.05, 3.63) is 78.8 Å². The predicted molar refractivity (Wildman–Crippen MR) is 124 cm³/mol. The lowest BCUT2D eigenvalue weighted by Crippen LogP contribution is -2.34. The average molecular weight is 455 g/mol. The van der Waals surface area contributed by atoms with E-state index in [1.807, 2.05) is 25.3 Å². The molecule has 5 nitrogen and oxygen atoms in total. The SMILES string of the molecule is Cc1nc(C(C)n2cnc3sc4c(c3c2=O)CCC(NCc2cccc(F)c2)C4)cs1. The van der Waals surface area contributed by atoms with Crippen LogP contribution in [0.1, 0.15) is 46.1 Å². The topological polar surface area (TPSA) is 59.8 Å². The molecule has 4 aromatic rings. The molecule has 1 aliphatic rings. The van der Waals surface area contributed by atoms with Crippen LogP contribution in [-0.4, -0.2) is 20.6 Å². The van der Waals surface area contributed by atoms with Crippen LogP contribution in [0.2, 0.25) is 0 Å². The summed E-state index contributed by atoms with van der Waals surface area (Å²) in [7, 11) is 0. The molecule has 1 aromatic carbocycles. The van der Waals surface area contributed by atoms with Gasteiger partial charge >= 0.3 is 0 Å². The highest BCUT2D eigenvalue weighted by Gasteiger charge is 2.26. The lowest BCUT2D eigenvalue weighted by atomic mass is 9.93. The van der Waals surface area contributed by atoms with E-state index in [9.17, 15) is 9.18 Å². The first-order chi connectivity index (χ1) is 15.0. The van der Waals surface area contributed by atoms with Gasteiger partial charge in [-0.2, -0.15) is 0 Å². The van der Waals surface area contributed by atoms with Gasteiger partial charge in [-0.15, -0.1) is 22.7 Å². The fourth-order valence-corrected chi connectivity index (χ4v) is 6.21. The zero-order valence-electron chi connectivity index (χ0n) is 17.4. The number of benzene rings is 1. The number of nitrogens with one attached hydrogen (secondary N) is 1. The van der Waals surface area contributed by atoms with E-state index in [1.54, 1.807) is 45.7 Å². The first-order valence-corrected chi connectivity index (χ1v) is 12.1. The number of nitrogens with zero attached hydrogens (tertiary/aromatic N) is 3. The molecule has 0 saturated heterocycles. The monoisotopic (exact) mass is 454 g/mol. The molecule has 3 heterocycles. The molecular formula is C23H23FN4OS2. The summed E-state index contributed by atoms with van der Waals surface area (Å²) in [5.74, 6) is -0.209. The van der Waals surface area contributed by atoms with Gasteiger partial charge in [-0.1, -0.05) is 12.1 Å². The molecule has 2 atom stereocenters. The Labute approximate surface area is 187 Å². The Bertz CT molecular complexity index is 1310. The van der Waals surface area contributed by atoms with Gasteiger partial charge in [0.1, 0.15) is 10.6 Å². The van der Waals surface area contributed by atoms with Gasteiger partial charge in [0.2, 0.25) is 0 Å². The van der Waals surface area contributed by atoms with Crippen LogP contribution in [0.15, 0.2) is 40.8 Å². The van der Waals surface area contributed by atoms with Crippen LogP contribution in [0.4, 0.5) is 4.39 Å². The summed E-state index contributed by atoms with van der Waals surface area (Å²) in [5, 5.41) is 7.32. The lowest BCUT2D eigenvalue weighted by Gasteiger charge is -2.23. The van der Waals surface area contributed by atoms with Gasteiger partial charge < -0.3 is 5.32 Å². The third-order valence-corrected chi connectivity index (χ3v) is 7.91. The second kappa shape index (κ2) is 8.26. The first kappa shape index (κ1) is 20.5. The number of aryl methyl sites for hydroxylation is 2. The molecule has 0 spiro atoms. The standard InChI is InChI=1S/C23H23FN4OS2/c1-13(19-11-30-14(2)27-19)28-12-26-22-21(23(28)29)18-7-6-17(9-20(18)31-22)25-10-15-4-3-5-16(24)8-15/h3-5,8,11-13,17,25H,6-7,9-10H2,1-2H3. The Kier molecular flexibility index (Phi) is 5.45. The molecule has 0 radical (unpaired) electrons. The number of rotatable bonds is 5. The molecule has 31 heavy (non-hydrogen) atoms. The molecule has 8 heteroatoms. The van der Waals surface area contributed by atoms with E-state index >= 15 is 0 Å². The van der Waals surface area contributed by atoms with E-state index in [0.717, 1.165) is 51.3 Å². The minimum Gasteiger partial charge on any atom is -0.310 e. The quantitative estimate of drug-likeness (QED) is 0.478. The summed E-state index contributed by atoms with van der Waals surface area (Å²) in [4.78, 5) is 24.6. The molecule has 2 unspecified atom stereocenters. The van der Waals surface area contributed by atoms with Crippen LogP contribution in [0.5, 0.6) is 0 Å². The summed E-state index contributed by atoms with van der Waals surface area (Å²) >= 11 is 3.22. The number of thiophene rings is 1. The summed E-state index contributed by atoms with van der Waals surface area (Å²) in [5.41, 5.74) is 3.01. The van der Waals surface area contributed by atoms with E-state index < -0.39 is 0 Å². The molecule has 0 aliphatic heterocycles. The van der Waals surface area contributed by atoms with Gasteiger partial charge in [0.25, 0.3) is 5.56 Å². The normalized spacial score (nSPS) is 17.1. The van der Waals surface area contributed by atoms with Crippen molar-refractivity contribution < 1.29 is 4.39 Å². The number of aromatic nitrogens is 3. The van der Waals surface area contributed by atoms with Gasteiger partial charge in [-0.3, -0.25) is 9.36 Å². The number of fused-ring (bicyclic) bond motifs is 3. The maximum absolute atomic E-state index is 13.4. The van der Waals surface area contributed by atoms with Crippen LogP contribution in [-0.2, 0) is 19.4 Å². The number of hydrogen-bond donors (Lipinski definition) is 1. The lowest BCUT2D eigenvalue weighted by molar-refractivity contribution is 0.462. The second-order valence-corrected chi connectivity index (χ2v) is 10.2. The van der Waals surface area contributed by atoms with E-state index in [1.165, 1.54) is 10.9 Å². The van der Waals surface area contributed by atoms with Crippen molar-refractivity contribution in [1.29, 1.82) is 0 Å². The van der Waals surface area contributed by atoms with Crippen molar-refractivity contribution in [2.45, 2.75) is 51.7 Å². The fraction of sp³-hybridized carbons (Fsp3) is 0.348. The summed E-state index contributed by atoms with van der Waals surface area (Å²) in [6, 6.07) is 6.86. The highest BCUT2D eigenvalue weighted by atomic mass is 32.1. The summed E-state index contributed by atoms with van der Waals surface area (Å²) in [6.45, 7) is 4.60. The molecule has 5 rings (SSSR count). The van der Waals surface area contributed by atoms with E-state index in [2.05, 4.69) is 15.3 Å². The maximum atomic E-state index is 13.4. The third-order valence-electron chi connectivity index (χ3n) is 5.96. The van der Waals surface area contributed by atoms with Crippen molar-refractivity contribution in [3.63, 3.8) is 0 Å². The molecule has 1 aliphatic carbocycles. The maximum Gasteiger partial charge on any atom is 0.262 e.